The first kappa shape index (κ1) is 12.3. The summed E-state index contributed by atoms with van der Waals surface area (Å²) in [5, 5.41) is 8.68. The maximum absolute atomic E-state index is 10.6. The van der Waals surface area contributed by atoms with Crippen LogP contribution in [0, 0.1) is 0 Å². The summed E-state index contributed by atoms with van der Waals surface area (Å²) in [5.41, 5.74) is 0.252. The molecule has 1 aromatic rings. The maximum Gasteiger partial charge on any atom is 0.335 e. The van der Waals surface area contributed by atoms with E-state index in [0.29, 0.717) is 19.0 Å². The predicted molar refractivity (Wildman–Crippen MR) is 59.9 cm³/mol. The van der Waals surface area contributed by atoms with Gasteiger partial charge in [-0.15, -0.1) is 0 Å². The van der Waals surface area contributed by atoms with Crippen LogP contribution in [-0.2, 0) is 4.74 Å². The molecule has 4 nitrogen and oxygen atoms in total. The highest BCUT2D eigenvalue weighted by molar-refractivity contribution is 5.87. The second kappa shape index (κ2) is 6.63. The molecule has 4 heteroatoms. The summed E-state index contributed by atoms with van der Waals surface area (Å²) in [6.07, 6.45) is 3.69. The number of carboxylic acids is 1. The Bertz CT molecular complexity index is 354. The van der Waals surface area contributed by atoms with Crippen LogP contribution >= 0.6 is 0 Å². The van der Waals surface area contributed by atoms with Crippen LogP contribution in [0.4, 0.5) is 0 Å². The Labute approximate surface area is 94.1 Å². The fourth-order valence-electron chi connectivity index (χ4n) is 1.07. The molecule has 0 aliphatic rings. The number of benzene rings is 1. The van der Waals surface area contributed by atoms with Gasteiger partial charge in [-0.3, -0.25) is 0 Å². The van der Waals surface area contributed by atoms with Crippen LogP contribution < -0.4 is 4.74 Å². The first-order chi connectivity index (χ1) is 7.74. The monoisotopic (exact) mass is 222 g/mol. The van der Waals surface area contributed by atoms with E-state index >= 15 is 0 Å². The van der Waals surface area contributed by atoms with Crippen molar-refractivity contribution in [1.29, 1.82) is 0 Å². The lowest BCUT2D eigenvalue weighted by atomic mass is 10.2. The fraction of sp³-hybridized carbons (Fsp3) is 0.250. The topological polar surface area (TPSA) is 55.8 Å². The summed E-state index contributed by atoms with van der Waals surface area (Å²) in [6, 6.07) is 6.29. The van der Waals surface area contributed by atoms with Gasteiger partial charge in [0.15, 0.2) is 0 Å². The van der Waals surface area contributed by atoms with Gasteiger partial charge in [-0.1, -0.05) is 6.08 Å². The third-order valence-electron chi connectivity index (χ3n) is 1.88. The fourth-order valence-corrected chi connectivity index (χ4v) is 1.07. The molecule has 0 fully saturated rings. The lowest BCUT2D eigenvalue weighted by molar-refractivity contribution is 0.0697. The van der Waals surface area contributed by atoms with E-state index in [4.69, 9.17) is 14.6 Å². The Hall–Kier alpha value is -1.81. The Kier molecular flexibility index (Phi) is 5.08. The molecule has 1 rings (SSSR count). The molecule has 1 aromatic carbocycles. The lowest BCUT2D eigenvalue weighted by Crippen LogP contribution is -1.97. The van der Waals surface area contributed by atoms with Crippen molar-refractivity contribution in [2.45, 2.75) is 0 Å². The smallest absolute Gasteiger partial charge is 0.335 e. The third-order valence-corrected chi connectivity index (χ3v) is 1.88. The van der Waals surface area contributed by atoms with Gasteiger partial charge in [-0.2, -0.15) is 0 Å². The van der Waals surface area contributed by atoms with Crippen LogP contribution in [0.3, 0.4) is 0 Å². The molecular weight excluding hydrogens is 208 g/mol. The predicted octanol–water partition coefficient (Wildman–Crippen LogP) is 1.97. The van der Waals surface area contributed by atoms with Crippen LogP contribution in [0.2, 0.25) is 0 Å². The van der Waals surface area contributed by atoms with Gasteiger partial charge in [0, 0.05) is 7.11 Å². The van der Waals surface area contributed by atoms with Gasteiger partial charge in [0.05, 0.1) is 12.2 Å². The Balaban J connectivity index is 2.40. The Morgan fingerprint density at radius 2 is 1.88 bits per heavy atom. The highest BCUT2D eigenvalue weighted by Crippen LogP contribution is 2.11. The molecule has 86 valence electrons. The highest BCUT2D eigenvalue weighted by Gasteiger charge is 2.01. The van der Waals surface area contributed by atoms with Crippen LogP contribution in [0.1, 0.15) is 10.4 Å². The molecule has 0 radical (unpaired) electrons. The summed E-state index contributed by atoms with van der Waals surface area (Å²) in [4.78, 5) is 10.6. The molecule has 1 N–H and O–H groups in total. The van der Waals surface area contributed by atoms with Gasteiger partial charge < -0.3 is 14.6 Å². The second-order valence-electron chi connectivity index (χ2n) is 3.07. The molecule has 0 aromatic heterocycles. The number of hydrogen-bond acceptors (Lipinski definition) is 3. The molecule has 0 saturated heterocycles. The second-order valence-corrected chi connectivity index (χ2v) is 3.07. The van der Waals surface area contributed by atoms with Crippen LogP contribution in [0.25, 0.3) is 0 Å². The summed E-state index contributed by atoms with van der Waals surface area (Å²) < 4.78 is 10.2. The minimum Gasteiger partial charge on any atom is -0.490 e. The zero-order valence-electron chi connectivity index (χ0n) is 9.05. The first-order valence-electron chi connectivity index (χ1n) is 4.84. The largest absolute Gasteiger partial charge is 0.490 e. The minimum absolute atomic E-state index is 0.252. The van der Waals surface area contributed by atoms with Crippen molar-refractivity contribution in [1.82, 2.24) is 0 Å². The summed E-state index contributed by atoms with van der Waals surface area (Å²) in [7, 11) is 1.62. The molecule has 0 bridgehead atoms. The van der Waals surface area contributed by atoms with E-state index in [1.54, 1.807) is 19.2 Å². The molecule has 0 amide bonds. The normalized spacial score (nSPS) is 10.6. The molecule has 16 heavy (non-hydrogen) atoms. The number of methoxy groups -OCH3 is 1. The van der Waals surface area contributed by atoms with Crippen LogP contribution in [0.5, 0.6) is 5.75 Å². The number of carbonyl (C=O) groups is 1. The SMILES string of the molecule is COC/C=C\COc1ccc(C(=O)O)cc1. The molecule has 0 aliphatic heterocycles. The van der Waals surface area contributed by atoms with Crippen molar-refractivity contribution in [3.63, 3.8) is 0 Å². The van der Waals surface area contributed by atoms with E-state index in [0.717, 1.165) is 0 Å². The third kappa shape index (κ3) is 4.14. The van der Waals surface area contributed by atoms with E-state index in [1.807, 2.05) is 12.2 Å². The van der Waals surface area contributed by atoms with Crippen molar-refractivity contribution in [2.75, 3.05) is 20.3 Å². The van der Waals surface area contributed by atoms with E-state index < -0.39 is 5.97 Å². The molecule has 0 unspecified atom stereocenters. The number of hydrogen-bond donors (Lipinski definition) is 1. The highest BCUT2D eigenvalue weighted by atomic mass is 16.5. The molecule has 0 aliphatic carbocycles. The van der Waals surface area contributed by atoms with Crippen LogP contribution in [0.15, 0.2) is 36.4 Å². The first-order valence-corrected chi connectivity index (χ1v) is 4.84. The Morgan fingerprint density at radius 1 is 1.25 bits per heavy atom. The van der Waals surface area contributed by atoms with Crippen LogP contribution in [-0.4, -0.2) is 31.4 Å². The average Bonchev–Trinajstić information content (AvgIpc) is 2.29. The van der Waals surface area contributed by atoms with Crippen molar-refractivity contribution in [2.24, 2.45) is 0 Å². The van der Waals surface area contributed by atoms with Gasteiger partial charge in [0.1, 0.15) is 12.4 Å². The van der Waals surface area contributed by atoms with E-state index in [-0.39, 0.29) is 5.56 Å². The number of aromatic carboxylic acids is 1. The van der Waals surface area contributed by atoms with E-state index in [2.05, 4.69) is 0 Å². The number of rotatable bonds is 6. The summed E-state index contributed by atoms with van der Waals surface area (Å²) >= 11 is 0. The van der Waals surface area contributed by atoms with Gasteiger partial charge in [0.2, 0.25) is 0 Å². The van der Waals surface area contributed by atoms with E-state index in [1.165, 1.54) is 12.1 Å². The maximum atomic E-state index is 10.6. The molecule has 0 saturated carbocycles. The number of ether oxygens (including phenoxy) is 2. The quantitative estimate of drug-likeness (QED) is 0.747. The van der Waals surface area contributed by atoms with Crippen molar-refractivity contribution in [3.8, 4) is 5.75 Å². The summed E-state index contributed by atoms with van der Waals surface area (Å²) in [6.45, 7) is 0.997. The van der Waals surface area contributed by atoms with Crippen molar-refractivity contribution in [3.05, 3.63) is 42.0 Å². The lowest BCUT2D eigenvalue weighted by Gasteiger charge is -2.02. The van der Waals surface area contributed by atoms with E-state index in [9.17, 15) is 4.79 Å². The van der Waals surface area contributed by atoms with Gasteiger partial charge in [-0.25, -0.2) is 4.79 Å². The van der Waals surface area contributed by atoms with Crippen molar-refractivity contribution < 1.29 is 19.4 Å². The van der Waals surface area contributed by atoms with Gasteiger partial charge in [0.25, 0.3) is 0 Å². The standard InChI is InChI=1S/C12H14O4/c1-15-8-2-3-9-16-11-6-4-10(5-7-11)12(13)14/h2-7H,8-9H2,1H3,(H,13,14)/b3-2-. The zero-order valence-corrected chi connectivity index (χ0v) is 9.05. The molecule has 0 heterocycles. The van der Waals surface area contributed by atoms with Gasteiger partial charge >= 0.3 is 5.97 Å². The molecule has 0 spiro atoms. The molecular formula is C12H14O4. The zero-order chi connectivity index (χ0) is 11.8. The summed E-state index contributed by atoms with van der Waals surface area (Å²) in [5.74, 6) is -0.293. The minimum atomic E-state index is -0.938. The number of carboxylic acid groups (broad SMARTS) is 1. The van der Waals surface area contributed by atoms with Crippen molar-refractivity contribution >= 4 is 5.97 Å². The van der Waals surface area contributed by atoms with Gasteiger partial charge in [-0.05, 0) is 30.3 Å². The Morgan fingerprint density at radius 3 is 2.44 bits per heavy atom. The molecule has 0 atom stereocenters. The average molecular weight is 222 g/mol.